The van der Waals surface area contributed by atoms with E-state index in [1.54, 1.807) is 4.90 Å². The van der Waals surface area contributed by atoms with Gasteiger partial charge in [-0.3, -0.25) is 9.59 Å². The van der Waals surface area contributed by atoms with Gasteiger partial charge in [-0.15, -0.1) is 0 Å². The lowest BCUT2D eigenvalue weighted by molar-refractivity contribution is -0.135. The van der Waals surface area contributed by atoms with E-state index in [2.05, 4.69) is 6.92 Å². The van der Waals surface area contributed by atoms with Crippen molar-refractivity contribution in [3.8, 4) is 5.75 Å². The third-order valence-corrected chi connectivity index (χ3v) is 6.72. The second kappa shape index (κ2) is 8.81. The van der Waals surface area contributed by atoms with Gasteiger partial charge in [0.2, 0.25) is 0 Å². The van der Waals surface area contributed by atoms with E-state index in [4.69, 9.17) is 9.47 Å². The summed E-state index contributed by atoms with van der Waals surface area (Å²) in [7, 11) is 0. The maximum absolute atomic E-state index is 13.6. The minimum absolute atomic E-state index is 0.0937. The SMILES string of the molecule is CCCOc1ccc(C2C3=C(OC4CCCCC4C3=O)C(=O)N2Cc2ccccc2)cc1. The molecule has 0 saturated heterocycles. The van der Waals surface area contributed by atoms with Crippen molar-refractivity contribution in [2.45, 2.75) is 57.7 Å². The molecule has 166 valence electrons. The number of fused-ring (bicyclic) bond motifs is 1. The van der Waals surface area contributed by atoms with Crippen LogP contribution in [0.3, 0.4) is 0 Å². The molecule has 1 fully saturated rings. The first-order valence-electron chi connectivity index (χ1n) is 11.7. The lowest BCUT2D eigenvalue weighted by Crippen LogP contribution is -2.39. The van der Waals surface area contributed by atoms with Crippen molar-refractivity contribution in [3.05, 3.63) is 77.1 Å². The summed E-state index contributed by atoms with van der Waals surface area (Å²) in [5.41, 5.74) is 2.48. The molecule has 2 aliphatic heterocycles. The van der Waals surface area contributed by atoms with Gasteiger partial charge >= 0.3 is 0 Å². The summed E-state index contributed by atoms with van der Waals surface area (Å²) in [5, 5.41) is 0. The summed E-state index contributed by atoms with van der Waals surface area (Å²) in [6, 6.07) is 17.3. The molecule has 1 saturated carbocycles. The highest BCUT2D eigenvalue weighted by Crippen LogP contribution is 2.47. The number of ketones is 1. The number of ether oxygens (including phenoxy) is 2. The zero-order valence-electron chi connectivity index (χ0n) is 18.5. The van der Waals surface area contributed by atoms with Crippen molar-refractivity contribution < 1.29 is 19.1 Å². The van der Waals surface area contributed by atoms with Crippen LogP contribution in [-0.4, -0.2) is 29.3 Å². The normalized spacial score (nSPS) is 24.8. The van der Waals surface area contributed by atoms with Gasteiger partial charge in [0, 0.05) is 6.54 Å². The molecule has 32 heavy (non-hydrogen) atoms. The predicted octanol–water partition coefficient (Wildman–Crippen LogP) is 4.97. The zero-order chi connectivity index (χ0) is 22.1. The van der Waals surface area contributed by atoms with Crippen LogP contribution in [-0.2, 0) is 20.9 Å². The molecule has 0 bridgehead atoms. The maximum Gasteiger partial charge on any atom is 0.290 e. The summed E-state index contributed by atoms with van der Waals surface area (Å²) in [4.78, 5) is 28.9. The van der Waals surface area contributed by atoms with E-state index in [-0.39, 0.29) is 29.5 Å². The molecule has 0 spiro atoms. The molecule has 1 aliphatic carbocycles. The Balaban J connectivity index is 1.53. The molecule has 3 unspecified atom stereocenters. The molecular weight excluding hydrogens is 402 g/mol. The van der Waals surface area contributed by atoms with Crippen LogP contribution < -0.4 is 4.74 Å². The topological polar surface area (TPSA) is 55.8 Å². The lowest BCUT2D eigenvalue weighted by Gasteiger charge is -2.35. The van der Waals surface area contributed by atoms with E-state index in [9.17, 15) is 9.59 Å². The van der Waals surface area contributed by atoms with Crippen LogP contribution in [0.2, 0.25) is 0 Å². The zero-order valence-corrected chi connectivity index (χ0v) is 18.5. The molecule has 0 N–H and O–H groups in total. The van der Waals surface area contributed by atoms with Crippen LogP contribution in [0, 0.1) is 5.92 Å². The Kier molecular flexibility index (Phi) is 5.73. The van der Waals surface area contributed by atoms with Crippen LogP contribution in [0.1, 0.15) is 56.2 Å². The molecule has 5 heteroatoms. The van der Waals surface area contributed by atoms with Crippen molar-refractivity contribution in [2.24, 2.45) is 5.92 Å². The van der Waals surface area contributed by atoms with Crippen LogP contribution in [0.25, 0.3) is 0 Å². The minimum Gasteiger partial charge on any atom is -0.494 e. The number of carbonyl (C=O) groups is 2. The summed E-state index contributed by atoms with van der Waals surface area (Å²) in [6.07, 6.45) is 4.53. The first-order chi connectivity index (χ1) is 15.7. The number of Topliss-reactive ketones (excluding diaryl/α,β-unsaturated/α-hetero) is 1. The highest BCUT2D eigenvalue weighted by Gasteiger charge is 2.51. The van der Waals surface area contributed by atoms with Gasteiger partial charge < -0.3 is 14.4 Å². The number of rotatable bonds is 6. The molecule has 5 rings (SSSR count). The molecule has 0 aromatic heterocycles. The molecule has 3 atom stereocenters. The Morgan fingerprint density at radius 2 is 1.75 bits per heavy atom. The summed E-state index contributed by atoms with van der Waals surface area (Å²) >= 11 is 0. The van der Waals surface area contributed by atoms with Crippen LogP contribution in [0.15, 0.2) is 65.9 Å². The second-order valence-corrected chi connectivity index (χ2v) is 8.89. The monoisotopic (exact) mass is 431 g/mol. The van der Waals surface area contributed by atoms with Gasteiger partial charge in [-0.1, -0.05) is 55.8 Å². The third kappa shape index (κ3) is 3.70. The van der Waals surface area contributed by atoms with Crippen molar-refractivity contribution >= 4 is 11.7 Å². The fourth-order valence-corrected chi connectivity index (χ4v) is 5.15. The molecule has 2 aromatic carbocycles. The van der Waals surface area contributed by atoms with Crippen LogP contribution >= 0.6 is 0 Å². The average Bonchev–Trinajstić information content (AvgIpc) is 3.10. The molecule has 2 heterocycles. The Labute approximate surface area is 189 Å². The summed E-state index contributed by atoms with van der Waals surface area (Å²) in [6.45, 7) is 3.16. The Morgan fingerprint density at radius 3 is 2.50 bits per heavy atom. The van der Waals surface area contributed by atoms with Gasteiger partial charge in [-0.25, -0.2) is 0 Å². The largest absolute Gasteiger partial charge is 0.494 e. The smallest absolute Gasteiger partial charge is 0.290 e. The number of carbonyl (C=O) groups excluding carboxylic acids is 2. The van der Waals surface area contributed by atoms with Crippen molar-refractivity contribution in [2.75, 3.05) is 6.61 Å². The second-order valence-electron chi connectivity index (χ2n) is 8.89. The van der Waals surface area contributed by atoms with Gasteiger partial charge in [0.25, 0.3) is 5.91 Å². The molecule has 2 aromatic rings. The quantitative estimate of drug-likeness (QED) is 0.648. The van der Waals surface area contributed by atoms with Crippen molar-refractivity contribution in [1.29, 1.82) is 0 Å². The highest BCUT2D eigenvalue weighted by atomic mass is 16.5. The van der Waals surface area contributed by atoms with Crippen LogP contribution in [0.4, 0.5) is 0 Å². The predicted molar refractivity (Wildman–Crippen MR) is 121 cm³/mol. The fraction of sp³-hybridized carbons (Fsp3) is 0.407. The highest BCUT2D eigenvalue weighted by molar-refractivity contribution is 6.11. The minimum atomic E-state index is -0.437. The van der Waals surface area contributed by atoms with Crippen molar-refractivity contribution in [1.82, 2.24) is 4.90 Å². The number of benzene rings is 2. The van der Waals surface area contributed by atoms with E-state index >= 15 is 0 Å². The Bertz CT molecular complexity index is 1030. The van der Waals surface area contributed by atoms with E-state index in [1.165, 1.54) is 0 Å². The van der Waals surface area contributed by atoms with Gasteiger partial charge in [0.1, 0.15) is 11.9 Å². The maximum atomic E-state index is 13.6. The van der Waals surface area contributed by atoms with Gasteiger partial charge in [-0.05, 0) is 48.9 Å². The number of hydrogen-bond donors (Lipinski definition) is 0. The van der Waals surface area contributed by atoms with E-state index in [0.29, 0.717) is 18.7 Å². The van der Waals surface area contributed by atoms with E-state index in [1.807, 2.05) is 54.6 Å². The molecular formula is C27H29NO4. The van der Waals surface area contributed by atoms with Gasteiger partial charge in [-0.2, -0.15) is 0 Å². The summed E-state index contributed by atoms with van der Waals surface area (Å²) in [5.74, 6) is 0.836. The molecule has 3 aliphatic rings. The Hall–Kier alpha value is -3.08. The average molecular weight is 432 g/mol. The Morgan fingerprint density at radius 1 is 1.00 bits per heavy atom. The first kappa shape index (κ1) is 20.8. The number of nitrogens with zero attached hydrogens (tertiary/aromatic N) is 1. The van der Waals surface area contributed by atoms with Crippen molar-refractivity contribution in [3.63, 3.8) is 0 Å². The number of amides is 1. The first-order valence-corrected chi connectivity index (χ1v) is 11.7. The molecule has 5 nitrogen and oxygen atoms in total. The van der Waals surface area contributed by atoms with E-state index in [0.717, 1.165) is 49.0 Å². The third-order valence-electron chi connectivity index (χ3n) is 6.72. The van der Waals surface area contributed by atoms with E-state index < -0.39 is 6.04 Å². The molecule has 1 amide bonds. The van der Waals surface area contributed by atoms with Crippen LogP contribution in [0.5, 0.6) is 5.75 Å². The van der Waals surface area contributed by atoms with Gasteiger partial charge in [0.15, 0.2) is 11.5 Å². The molecule has 0 radical (unpaired) electrons. The lowest BCUT2D eigenvalue weighted by atomic mass is 9.77. The van der Waals surface area contributed by atoms with Gasteiger partial charge in [0.05, 0.1) is 24.1 Å². The summed E-state index contributed by atoms with van der Waals surface area (Å²) < 4.78 is 12.0. The fourth-order valence-electron chi connectivity index (χ4n) is 5.15. The standard InChI is InChI=1S/C27H29NO4/c1-2-16-31-20-14-12-19(13-15-20)24-23-25(29)21-10-6-7-11-22(21)32-26(23)27(30)28(24)17-18-8-4-3-5-9-18/h3-5,8-9,12-15,21-22,24H,2,6-7,10-11,16-17H2,1H3. The number of hydrogen-bond acceptors (Lipinski definition) is 4.